The standard InChI is InChI=1S/C16H16O4/c1-10-8-9-13(19-2)15(20-3)14(10)11-6-4-5-7-12(11)16(17)18/h4-9H,1-3H3,(H,17,18). The molecule has 0 aromatic heterocycles. The van der Waals surface area contributed by atoms with Crippen LogP contribution in [0.5, 0.6) is 11.5 Å². The normalized spacial score (nSPS) is 10.2. The summed E-state index contributed by atoms with van der Waals surface area (Å²) >= 11 is 0. The highest BCUT2D eigenvalue weighted by Crippen LogP contribution is 2.41. The van der Waals surface area contributed by atoms with Gasteiger partial charge >= 0.3 is 5.97 Å². The smallest absolute Gasteiger partial charge is 0.336 e. The minimum atomic E-state index is -0.968. The van der Waals surface area contributed by atoms with Gasteiger partial charge in [0.15, 0.2) is 11.5 Å². The molecule has 0 bridgehead atoms. The number of benzene rings is 2. The molecule has 0 unspecified atom stereocenters. The predicted molar refractivity (Wildman–Crippen MR) is 76.7 cm³/mol. The molecule has 4 nitrogen and oxygen atoms in total. The number of carboxylic acids is 1. The Kier molecular flexibility index (Phi) is 3.94. The molecule has 2 aromatic rings. The van der Waals surface area contributed by atoms with Crippen molar-refractivity contribution in [1.29, 1.82) is 0 Å². The van der Waals surface area contributed by atoms with Gasteiger partial charge in [0.25, 0.3) is 0 Å². The highest BCUT2D eigenvalue weighted by atomic mass is 16.5. The van der Waals surface area contributed by atoms with Gasteiger partial charge in [0.2, 0.25) is 0 Å². The molecule has 0 saturated carbocycles. The van der Waals surface area contributed by atoms with Crippen LogP contribution in [0.3, 0.4) is 0 Å². The molecule has 20 heavy (non-hydrogen) atoms. The summed E-state index contributed by atoms with van der Waals surface area (Å²) in [5.41, 5.74) is 2.52. The number of hydrogen-bond acceptors (Lipinski definition) is 3. The lowest BCUT2D eigenvalue weighted by atomic mass is 9.94. The molecule has 0 fully saturated rings. The van der Waals surface area contributed by atoms with Crippen molar-refractivity contribution in [1.82, 2.24) is 0 Å². The van der Waals surface area contributed by atoms with Crippen molar-refractivity contribution in [3.05, 3.63) is 47.5 Å². The van der Waals surface area contributed by atoms with E-state index in [0.29, 0.717) is 17.1 Å². The maximum atomic E-state index is 11.4. The van der Waals surface area contributed by atoms with Gasteiger partial charge in [-0.2, -0.15) is 0 Å². The van der Waals surface area contributed by atoms with E-state index in [2.05, 4.69) is 0 Å². The molecule has 2 rings (SSSR count). The molecule has 0 aliphatic heterocycles. The first-order chi connectivity index (χ1) is 9.60. The van der Waals surface area contributed by atoms with Gasteiger partial charge in [-0.3, -0.25) is 0 Å². The monoisotopic (exact) mass is 272 g/mol. The summed E-state index contributed by atoms with van der Waals surface area (Å²) in [5.74, 6) is 0.152. The van der Waals surface area contributed by atoms with Crippen LogP contribution in [0.15, 0.2) is 36.4 Å². The Morgan fingerprint density at radius 1 is 1.05 bits per heavy atom. The van der Waals surface area contributed by atoms with E-state index in [1.165, 1.54) is 0 Å². The van der Waals surface area contributed by atoms with E-state index in [9.17, 15) is 9.90 Å². The van der Waals surface area contributed by atoms with E-state index in [-0.39, 0.29) is 5.56 Å². The quantitative estimate of drug-likeness (QED) is 0.927. The maximum absolute atomic E-state index is 11.4. The molecular weight excluding hydrogens is 256 g/mol. The molecule has 0 aliphatic rings. The molecule has 0 saturated heterocycles. The van der Waals surface area contributed by atoms with Crippen LogP contribution in [-0.4, -0.2) is 25.3 Å². The molecule has 0 aliphatic carbocycles. The molecule has 0 atom stereocenters. The van der Waals surface area contributed by atoms with Gasteiger partial charge in [0.05, 0.1) is 19.8 Å². The molecule has 104 valence electrons. The van der Waals surface area contributed by atoms with Crippen LogP contribution in [0.25, 0.3) is 11.1 Å². The summed E-state index contributed by atoms with van der Waals surface area (Å²) in [7, 11) is 3.10. The van der Waals surface area contributed by atoms with Gasteiger partial charge in [-0.25, -0.2) is 4.79 Å². The number of aromatic carboxylic acids is 1. The number of rotatable bonds is 4. The van der Waals surface area contributed by atoms with Crippen molar-refractivity contribution < 1.29 is 19.4 Å². The first-order valence-corrected chi connectivity index (χ1v) is 6.14. The average molecular weight is 272 g/mol. The maximum Gasteiger partial charge on any atom is 0.336 e. The third-order valence-electron chi connectivity index (χ3n) is 3.18. The molecule has 0 radical (unpaired) electrons. The summed E-state index contributed by atoms with van der Waals surface area (Å²) in [6.45, 7) is 1.91. The number of ether oxygens (including phenoxy) is 2. The number of hydrogen-bond donors (Lipinski definition) is 1. The molecule has 2 aromatic carbocycles. The summed E-state index contributed by atoms with van der Waals surface area (Å²) in [5, 5.41) is 9.34. The summed E-state index contributed by atoms with van der Waals surface area (Å²) in [6.07, 6.45) is 0. The van der Waals surface area contributed by atoms with Gasteiger partial charge in [0, 0.05) is 11.1 Å². The second-order valence-corrected chi connectivity index (χ2v) is 4.34. The summed E-state index contributed by atoms with van der Waals surface area (Å²) in [6, 6.07) is 10.6. The third-order valence-corrected chi connectivity index (χ3v) is 3.18. The average Bonchev–Trinajstić information content (AvgIpc) is 2.46. The molecule has 0 spiro atoms. The molecular formula is C16H16O4. The van der Waals surface area contributed by atoms with E-state index in [1.807, 2.05) is 13.0 Å². The number of methoxy groups -OCH3 is 2. The van der Waals surface area contributed by atoms with Crippen molar-refractivity contribution in [3.63, 3.8) is 0 Å². The minimum Gasteiger partial charge on any atom is -0.493 e. The van der Waals surface area contributed by atoms with Gasteiger partial charge in [-0.05, 0) is 24.6 Å². The fourth-order valence-electron chi connectivity index (χ4n) is 2.25. The molecule has 0 amide bonds. The second kappa shape index (κ2) is 5.65. The minimum absolute atomic E-state index is 0.238. The van der Waals surface area contributed by atoms with Crippen LogP contribution in [-0.2, 0) is 0 Å². The van der Waals surface area contributed by atoms with E-state index in [0.717, 1.165) is 11.1 Å². The summed E-state index contributed by atoms with van der Waals surface area (Å²) < 4.78 is 10.7. The fraction of sp³-hybridized carbons (Fsp3) is 0.188. The van der Waals surface area contributed by atoms with Crippen LogP contribution in [0.4, 0.5) is 0 Å². The van der Waals surface area contributed by atoms with E-state index in [1.54, 1.807) is 44.6 Å². The zero-order valence-electron chi connectivity index (χ0n) is 11.6. The number of carboxylic acid groups (broad SMARTS) is 1. The van der Waals surface area contributed by atoms with Crippen LogP contribution in [0.2, 0.25) is 0 Å². The Balaban J connectivity index is 2.79. The zero-order valence-corrected chi connectivity index (χ0v) is 11.6. The van der Waals surface area contributed by atoms with Crippen molar-refractivity contribution in [2.45, 2.75) is 6.92 Å². The van der Waals surface area contributed by atoms with Crippen LogP contribution < -0.4 is 9.47 Å². The Hall–Kier alpha value is -2.49. The second-order valence-electron chi connectivity index (χ2n) is 4.34. The van der Waals surface area contributed by atoms with Gasteiger partial charge in [0.1, 0.15) is 0 Å². The Bertz CT molecular complexity index is 647. The lowest BCUT2D eigenvalue weighted by Crippen LogP contribution is -2.02. The van der Waals surface area contributed by atoms with Crippen molar-refractivity contribution in [3.8, 4) is 22.6 Å². The largest absolute Gasteiger partial charge is 0.493 e. The van der Waals surface area contributed by atoms with Crippen molar-refractivity contribution in [2.24, 2.45) is 0 Å². The first-order valence-electron chi connectivity index (χ1n) is 6.14. The van der Waals surface area contributed by atoms with Gasteiger partial charge in [-0.15, -0.1) is 0 Å². The molecule has 4 heteroatoms. The Labute approximate surface area is 117 Å². The van der Waals surface area contributed by atoms with E-state index < -0.39 is 5.97 Å². The molecule has 1 N–H and O–H groups in total. The van der Waals surface area contributed by atoms with Crippen molar-refractivity contribution in [2.75, 3.05) is 14.2 Å². The highest BCUT2D eigenvalue weighted by Gasteiger charge is 2.19. The highest BCUT2D eigenvalue weighted by molar-refractivity contribution is 5.98. The zero-order chi connectivity index (χ0) is 14.7. The third kappa shape index (κ3) is 2.32. The Morgan fingerprint density at radius 2 is 1.75 bits per heavy atom. The molecule has 0 heterocycles. The van der Waals surface area contributed by atoms with Gasteiger partial charge < -0.3 is 14.6 Å². The predicted octanol–water partition coefficient (Wildman–Crippen LogP) is 3.38. The topological polar surface area (TPSA) is 55.8 Å². The number of aryl methyl sites for hydroxylation is 1. The van der Waals surface area contributed by atoms with Crippen LogP contribution in [0.1, 0.15) is 15.9 Å². The number of carbonyl (C=O) groups is 1. The van der Waals surface area contributed by atoms with E-state index >= 15 is 0 Å². The Morgan fingerprint density at radius 3 is 2.35 bits per heavy atom. The SMILES string of the molecule is COc1ccc(C)c(-c2ccccc2C(=O)O)c1OC. The van der Waals surface area contributed by atoms with Crippen molar-refractivity contribution >= 4 is 5.97 Å². The summed E-state index contributed by atoms with van der Waals surface area (Å²) in [4.78, 5) is 11.4. The van der Waals surface area contributed by atoms with Gasteiger partial charge in [-0.1, -0.05) is 24.3 Å². The lowest BCUT2D eigenvalue weighted by Gasteiger charge is -2.16. The van der Waals surface area contributed by atoms with Crippen LogP contribution in [0, 0.1) is 6.92 Å². The first kappa shape index (κ1) is 13.9. The van der Waals surface area contributed by atoms with E-state index in [4.69, 9.17) is 9.47 Å². The fourth-order valence-corrected chi connectivity index (χ4v) is 2.25. The lowest BCUT2D eigenvalue weighted by molar-refractivity contribution is 0.0697. The van der Waals surface area contributed by atoms with Crippen LogP contribution >= 0.6 is 0 Å².